The summed E-state index contributed by atoms with van der Waals surface area (Å²) in [6, 6.07) is 3.56. The van der Waals surface area contributed by atoms with Crippen LogP contribution < -0.4 is 10.6 Å². The van der Waals surface area contributed by atoms with E-state index in [-0.39, 0.29) is 23.8 Å². The highest BCUT2D eigenvalue weighted by Gasteiger charge is 2.36. The molecule has 2 aromatic heterocycles. The first-order valence-corrected chi connectivity index (χ1v) is 11.2. The van der Waals surface area contributed by atoms with Crippen molar-refractivity contribution in [2.75, 3.05) is 0 Å². The maximum absolute atomic E-state index is 13.2. The third-order valence-electron chi connectivity index (χ3n) is 5.83. The Bertz CT molecular complexity index is 764. The van der Waals surface area contributed by atoms with E-state index in [2.05, 4.69) is 26.7 Å². The van der Waals surface area contributed by atoms with E-state index in [4.69, 9.17) is 0 Å². The van der Waals surface area contributed by atoms with Gasteiger partial charge in [-0.3, -0.25) is 9.59 Å². The van der Waals surface area contributed by atoms with Crippen molar-refractivity contribution in [2.45, 2.75) is 63.5 Å². The lowest BCUT2D eigenvalue weighted by atomic mass is 9.88. The van der Waals surface area contributed by atoms with Crippen molar-refractivity contribution in [2.24, 2.45) is 11.8 Å². The molecule has 0 aromatic carbocycles. The third-order valence-corrected chi connectivity index (χ3v) is 6.78. The molecule has 28 heavy (non-hydrogen) atoms. The minimum atomic E-state index is -0.587. The number of H-pyrrole nitrogens is 1. The Morgan fingerprint density at radius 2 is 2.00 bits per heavy atom. The number of carbonyl (C=O) groups excluding carboxylic acids is 2. The zero-order valence-electron chi connectivity index (χ0n) is 16.0. The van der Waals surface area contributed by atoms with Gasteiger partial charge >= 0.3 is 0 Å². The molecule has 150 valence electrons. The number of hydrogen-bond donors (Lipinski definition) is 3. The molecule has 0 saturated heterocycles. The largest absolute Gasteiger partial charge is 0.348 e. The molecule has 2 fully saturated rings. The number of aromatic amines is 1. The Balaban J connectivity index is 1.45. The van der Waals surface area contributed by atoms with Crippen molar-refractivity contribution in [1.82, 2.24) is 20.6 Å². The Morgan fingerprint density at radius 1 is 1.18 bits per heavy atom. The highest BCUT2D eigenvalue weighted by atomic mass is 32.1. The number of hydrogen-bond acceptors (Lipinski definition) is 4. The minimum absolute atomic E-state index is 0.0125. The van der Waals surface area contributed by atoms with Gasteiger partial charge in [-0.1, -0.05) is 25.3 Å². The first kappa shape index (κ1) is 19.2. The number of rotatable bonds is 8. The van der Waals surface area contributed by atoms with Crippen LogP contribution in [0.1, 0.15) is 61.6 Å². The zero-order valence-corrected chi connectivity index (χ0v) is 16.8. The summed E-state index contributed by atoms with van der Waals surface area (Å²) in [5.41, 5.74) is 0.850. The van der Waals surface area contributed by atoms with E-state index >= 15 is 0 Å². The smallest absolute Gasteiger partial charge is 0.243 e. The van der Waals surface area contributed by atoms with E-state index in [1.807, 2.05) is 11.4 Å². The molecule has 1 unspecified atom stereocenters. The predicted molar refractivity (Wildman–Crippen MR) is 109 cm³/mol. The van der Waals surface area contributed by atoms with Crippen LogP contribution in [0, 0.1) is 11.8 Å². The quantitative estimate of drug-likeness (QED) is 0.635. The number of nitrogens with one attached hydrogen (secondary N) is 3. The summed E-state index contributed by atoms with van der Waals surface area (Å²) in [6.07, 6.45) is 11.3. The van der Waals surface area contributed by atoms with Gasteiger partial charge in [0.05, 0.1) is 12.4 Å². The molecule has 2 aliphatic carbocycles. The molecule has 2 aliphatic rings. The van der Waals surface area contributed by atoms with Crippen LogP contribution in [0.3, 0.4) is 0 Å². The Kier molecular flexibility index (Phi) is 6.10. The van der Waals surface area contributed by atoms with Gasteiger partial charge in [0.15, 0.2) is 0 Å². The van der Waals surface area contributed by atoms with Gasteiger partial charge in [0.1, 0.15) is 6.04 Å². The van der Waals surface area contributed by atoms with E-state index in [1.54, 1.807) is 23.9 Å². The Hall–Kier alpha value is -2.15. The fourth-order valence-electron chi connectivity index (χ4n) is 4.05. The molecule has 4 rings (SSSR count). The van der Waals surface area contributed by atoms with E-state index in [9.17, 15) is 9.59 Å². The molecule has 3 N–H and O–H groups in total. The maximum atomic E-state index is 13.2. The average Bonchev–Trinajstić information content (AvgIpc) is 3.18. The Labute approximate surface area is 169 Å². The van der Waals surface area contributed by atoms with Gasteiger partial charge in [0.25, 0.3) is 0 Å². The van der Waals surface area contributed by atoms with Crippen molar-refractivity contribution in [3.63, 3.8) is 0 Å². The molecule has 2 heterocycles. The van der Waals surface area contributed by atoms with Crippen LogP contribution in [0.5, 0.6) is 0 Å². The van der Waals surface area contributed by atoms with Gasteiger partial charge in [0.2, 0.25) is 11.8 Å². The van der Waals surface area contributed by atoms with Gasteiger partial charge in [-0.15, -0.1) is 11.3 Å². The van der Waals surface area contributed by atoms with Crippen molar-refractivity contribution in [1.29, 1.82) is 0 Å². The number of carbonyl (C=O) groups is 2. The molecule has 2 amide bonds. The lowest BCUT2D eigenvalue weighted by molar-refractivity contribution is -0.132. The highest BCUT2D eigenvalue weighted by molar-refractivity contribution is 7.10. The van der Waals surface area contributed by atoms with Crippen molar-refractivity contribution < 1.29 is 9.59 Å². The van der Waals surface area contributed by atoms with Gasteiger partial charge < -0.3 is 15.6 Å². The van der Waals surface area contributed by atoms with Crippen LogP contribution in [-0.2, 0) is 16.0 Å². The van der Waals surface area contributed by atoms with Crippen LogP contribution in [-0.4, -0.2) is 27.8 Å². The molecular weight excluding hydrogens is 372 g/mol. The molecule has 2 aromatic rings. The van der Waals surface area contributed by atoms with Crippen LogP contribution in [0.15, 0.2) is 30.0 Å². The summed E-state index contributed by atoms with van der Waals surface area (Å²) in [5.74, 6) is 0.439. The maximum Gasteiger partial charge on any atom is 0.243 e. The van der Waals surface area contributed by atoms with Crippen LogP contribution >= 0.6 is 11.3 Å². The number of thiophene rings is 1. The molecule has 6 nitrogen and oxygen atoms in total. The highest BCUT2D eigenvalue weighted by Crippen LogP contribution is 2.42. The van der Waals surface area contributed by atoms with Crippen LogP contribution in [0.4, 0.5) is 0 Å². The van der Waals surface area contributed by atoms with Crippen LogP contribution in [0.25, 0.3) is 0 Å². The lowest BCUT2D eigenvalue weighted by Gasteiger charge is -2.26. The fourth-order valence-corrected chi connectivity index (χ4v) is 4.92. The summed E-state index contributed by atoms with van der Waals surface area (Å²) in [4.78, 5) is 34.2. The molecular formula is C21H28N4O2S. The standard InChI is InChI=1S/C21H28N4O2S/c26-20(15-5-2-1-3-6-15)24-17(11-16-12-22-13-23-16)21(27)25-19(14-8-9-14)18-7-4-10-28-18/h4,7,10,12-15,17,19H,1-3,5-6,8-9,11H2,(H,22,23)(H,24,26)(H,25,27)/t17-,19?/m0/s1. The normalized spacial score (nSPS) is 19.7. The minimum Gasteiger partial charge on any atom is -0.348 e. The van der Waals surface area contributed by atoms with Gasteiger partial charge in [0, 0.05) is 29.1 Å². The second kappa shape index (κ2) is 8.90. The molecule has 0 radical (unpaired) electrons. The van der Waals surface area contributed by atoms with Gasteiger partial charge in [-0.25, -0.2) is 4.98 Å². The summed E-state index contributed by atoms with van der Waals surface area (Å²) < 4.78 is 0. The first-order valence-electron chi connectivity index (χ1n) is 10.3. The van der Waals surface area contributed by atoms with E-state index < -0.39 is 6.04 Å². The summed E-state index contributed by atoms with van der Waals surface area (Å²) >= 11 is 1.68. The van der Waals surface area contributed by atoms with E-state index in [0.29, 0.717) is 12.3 Å². The number of aromatic nitrogens is 2. The van der Waals surface area contributed by atoms with Crippen LogP contribution in [0.2, 0.25) is 0 Å². The summed E-state index contributed by atoms with van der Waals surface area (Å²) in [6.45, 7) is 0. The van der Waals surface area contributed by atoms with Crippen molar-refractivity contribution >= 4 is 23.2 Å². The molecule has 2 atom stereocenters. The molecule has 0 bridgehead atoms. The Morgan fingerprint density at radius 3 is 2.64 bits per heavy atom. The SMILES string of the molecule is O=C(N[C@@H](Cc1cnc[nH]1)C(=O)NC(c1cccs1)C1CC1)C1CCCCC1. The topological polar surface area (TPSA) is 86.9 Å². The first-order chi connectivity index (χ1) is 13.7. The molecule has 7 heteroatoms. The zero-order chi connectivity index (χ0) is 19.3. The van der Waals surface area contributed by atoms with Gasteiger partial charge in [-0.2, -0.15) is 0 Å². The summed E-state index contributed by atoms with van der Waals surface area (Å²) in [7, 11) is 0. The lowest BCUT2D eigenvalue weighted by Crippen LogP contribution is -2.50. The fraction of sp³-hybridized carbons (Fsp3) is 0.571. The van der Waals surface area contributed by atoms with Crippen molar-refractivity contribution in [3.8, 4) is 0 Å². The van der Waals surface area contributed by atoms with Crippen molar-refractivity contribution in [3.05, 3.63) is 40.6 Å². The average molecular weight is 401 g/mol. The number of amides is 2. The second-order valence-electron chi connectivity index (χ2n) is 8.02. The third kappa shape index (κ3) is 4.82. The molecule has 2 saturated carbocycles. The van der Waals surface area contributed by atoms with E-state index in [0.717, 1.165) is 44.2 Å². The second-order valence-corrected chi connectivity index (χ2v) is 9.00. The number of imidazole rings is 1. The van der Waals surface area contributed by atoms with Gasteiger partial charge in [-0.05, 0) is 43.0 Å². The molecule has 0 aliphatic heterocycles. The predicted octanol–water partition coefficient (Wildman–Crippen LogP) is 3.35. The monoisotopic (exact) mass is 400 g/mol. The van der Waals surface area contributed by atoms with E-state index in [1.165, 1.54) is 11.3 Å². The molecule has 0 spiro atoms. The number of nitrogens with zero attached hydrogens (tertiary/aromatic N) is 1. The summed E-state index contributed by atoms with van der Waals surface area (Å²) in [5, 5.41) is 8.31.